The summed E-state index contributed by atoms with van der Waals surface area (Å²) >= 11 is 0. The Kier molecular flexibility index (Phi) is 5.81. The third-order valence-electron chi connectivity index (χ3n) is 6.89. The summed E-state index contributed by atoms with van der Waals surface area (Å²) in [5.41, 5.74) is 9.29. The largest absolute Gasteiger partial charge is 0.478 e. The Morgan fingerprint density at radius 3 is 2.34 bits per heavy atom. The minimum Gasteiger partial charge on any atom is -0.478 e. The van der Waals surface area contributed by atoms with Gasteiger partial charge in [-0.25, -0.2) is 4.79 Å². The molecule has 0 aliphatic carbocycles. The molecule has 2 aromatic carbocycles. The first-order chi connectivity index (χ1) is 18.5. The monoisotopic (exact) mass is 500 g/mol. The Hall–Kier alpha value is -5.04. The van der Waals surface area contributed by atoms with Crippen LogP contribution in [0.4, 0.5) is 0 Å². The summed E-state index contributed by atoms with van der Waals surface area (Å²) in [5, 5.41) is 13.5. The van der Waals surface area contributed by atoms with Crippen molar-refractivity contribution in [1.82, 2.24) is 20.1 Å². The van der Waals surface area contributed by atoms with Gasteiger partial charge in [-0.15, -0.1) is 0 Å². The first-order valence-electron chi connectivity index (χ1n) is 12.3. The molecule has 0 aliphatic rings. The van der Waals surface area contributed by atoms with Gasteiger partial charge in [0.1, 0.15) is 5.76 Å². The van der Waals surface area contributed by atoms with E-state index in [9.17, 15) is 9.90 Å². The van der Waals surface area contributed by atoms with E-state index in [1.54, 1.807) is 12.1 Å². The van der Waals surface area contributed by atoms with Gasteiger partial charge in [0.25, 0.3) is 0 Å². The number of hydrogen-bond acceptors (Lipinski definition) is 5. The van der Waals surface area contributed by atoms with Crippen molar-refractivity contribution in [3.05, 3.63) is 125 Å². The van der Waals surface area contributed by atoms with Crippen molar-refractivity contribution in [3.63, 3.8) is 0 Å². The van der Waals surface area contributed by atoms with E-state index < -0.39 is 5.97 Å². The molecule has 0 aliphatic heterocycles. The van der Waals surface area contributed by atoms with E-state index in [1.165, 1.54) is 0 Å². The number of aromatic carboxylic acids is 1. The average molecular weight is 501 g/mol. The van der Waals surface area contributed by atoms with Crippen LogP contribution in [0, 0.1) is 13.8 Å². The predicted octanol–water partition coefficient (Wildman–Crippen LogP) is 6.78. The number of nitrogens with one attached hydrogen (secondary N) is 1. The van der Waals surface area contributed by atoms with Gasteiger partial charge < -0.3 is 14.6 Å². The van der Waals surface area contributed by atoms with Crippen LogP contribution in [0.5, 0.6) is 0 Å². The number of carboxylic acids is 1. The first-order valence-corrected chi connectivity index (χ1v) is 12.3. The summed E-state index contributed by atoms with van der Waals surface area (Å²) in [7, 11) is 0. The Morgan fingerprint density at radius 2 is 1.68 bits per heavy atom. The molecule has 2 N–H and O–H groups in total. The van der Waals surface area contributed by atoms with E-state index in [1.807, 2.05) is 81.0 Å². The lowest BCUT2D eigenvalue weighted by molar-refractivity contribution is 0.0697. The summed E-state index contributed by atoms with van der Waals surface area (Å²) in [5.74, 6) is -0.442. The number of benzene rings is 2. The van der Waals surface area contributed by atoms with Crippen LogP contribution in [0.15, 0.2) is 95.9 Å². The molecule has 0 bridgehead atoms. The number of aromatic amines is 1. The molecule has 0 saturated carbocycles. The molecule has 6 aromatic rings. The zero-order valence-electron chi connectivity index (χ0n) is 20.8. The van der Waals surface area contributed by atoms with Crippen LogP contribution in [-0.2, 0) is 0 Å². The van der Waals surface area contributed by atoms with Crippen molar-refractivity contribution in [2.75, 3.05) is 0 Å². The number of rotatable bonds is 6. The molecular formula is C31H24N4O3. The summed E-state index contributed by atoms with van der Waals surface area (Å²) in [4.78, 5) is 24.5. The summed E-state index contributed by atoms with van der Waals surface area (Å²) in [6.07, 6.45) is 5.62. The number of pyridine rings is 2. The second kappa shape index (κ2) is 9.44. The molecule has 4 aromatic heterocycles. The number of carbonyl (C=O) groups is 1. The average Bonchev–Trinajstić information content (AvgIpc) is 3.53. The number of aryl methyl sites for hydroxylation is 2. The lowest BCUT2D eigenvalue weighted by Crippen LogP contribution is -2.09. The quantitative estimate of drug-likeness (QED) is 0.261. The molecule has 6 rings (SSSR count). The zero-order valence-corrected chi connectivity index (χ0v) is 20.8. The van der Waals surface area contributed by atoms with E-state index >= 15 is 0 Å². The highest BCUT2D eigenvalue weighted by atomic mass is 16.5. The standard InChI is InChI=1S/C31H24N4O3/c1-18-26(19(2)38-35-18)24-17-33-29-23(20-11-13-22(14-12-20)31(36)37)16-34-30(29)28(24)27(21-8-4-3-5-9-21)25-10-6-7-15-32-25/h3-17,27,34H,1-2H3,(H,36,37). The van der Waals surface area contributed by atoms with Crippen molar-refractivity contribution in [2.45, 2.75) is 19.8 Å². The minimum absolute atomic E-state index is 0.201. The van der Waals surface area contributed by atoms with Crippen LogP contribution >= 0.6 is 0 Å². The molecule has 4 heterocycles. The molecule has 7 heteroatoms. The SMILES string of the molecule is Cc1noc(C)c1-c1cnc2c(-c3ccc(C(=O)O)cc3)c[nH]c2c1C(c1ccccc1)c1ccccn1. The predicted molar refractivity (Wildman–Crippen MR) is 145 cm³/mol. The third-order valence-corrected chi connectivity index (χ3v) is 6.89. The van der Waals surface area contributed by atoms with Gasteiger partial charge in [-0.2, -0.15) is 0 Å². The maximum Gasteiger partial charge on any atom is 0.335 e. The van der Waals surface area contributed by atoms with Crippen LogP contribution in [0.25, 0.3) is 33.3 Å². The molecule has 0 radical (unpaired) electrons. The van der Waals surface area contributed by atoms with Gasteiger partial charge in [0.2, 0.25) is 0 Å². The van der Waals surface area contributed by atoms with Gasteiger partial charge in [-0.05, 0) is 49.2 Å². The van der Waals surface area contributed by atoms with Crippen molar-refractivity contribution in [1.29, 1.82) is 0 Å². The van der Waals surface area contributed by atoms with E-state index in [2.05, 4.69) is 22.3 Å². The fraction of sp³-hybridized carbons (Fsp3) is 0.0968. The van der Waals surface area contributed by atoms with Crippen LogP contribution in [0.1, 0.15) is 44.6 Å². The molecule has 0 fully saturated rings. The number of H-pyrrole nitrogens is 1. The second-order valence-corrected chi connectivity index (χ2v) is 9.19. The summed E-state index contributed by atoms with van der Waals surface area (Å²) in [6.45, 7) is 3.84. The number of carboxylic acid groups (broad SMARTS) is 1. The second-order valence-electron chi connectivity index (χ2n) is 9.19. The van der Waals surface area contributed by atoms with E-state index in [0.717, 1.165) is 55.8 Å². The fourth-order valence-corrected chi connectivity index (χ4v) is 5.14. The smallest absolute Gasteiger partial charge is 0.335 e. The molecule has 7 nitrogen and oxygen atoms in total. The van der Waals surface area contributed by atoms with Crippen LogP contribution in [0.2, 0.25) is 0 Å². The van der Waals surface area contributed by atoms with Gasteiger partial charge in [0.15, 0.2) is 0 Å². The molecule has 38 heavy (non-hydrogen) atoms. The van der Waals surface area contributed by atoms with Crippen molar-refractivity contribution >= 4 is 17.0 Å². The molecule has 186 valence electrons. The summed E-state index contributed by atoms with van der Waals surface area (Å²) < 4.78 is 5.56. The lowest BCUT2D eigenvalue weighted by atomic mass is 9.83. The lowest BCUT2D eigenvalue weighted by Gasteiger charge is -2.22. The number of nitrogens with zero attached hydrogens (tertiary/aromatic N) is 3. The van der Waals surface area contributed by atoms with Crippen molar-refractivity contribution in [3.8, 4) is 22.3 Å². The van der Waals surface area contributed by atoms with Crippen LogP contribution in [-0.4, -0.2) is 31.2 Å². The van der Waals surface area contributed by atoms with E-state index in [4.69, 9.17) is 14.5 Å². The molecule has 0 spiro atoms. The molecule has 0 amide bonds. The Bertz CT molecular complexity index is 1700. The van der Waals surface area contributed by atoms with Gasteiger partial charge in [-0.1, -0.05) is 53.7 Å². The highest BCUT2D eigenvalue weighted by Gasteiger charge is 2.28. The zero-order chi connectivity index (χ0) is 26.2. The molecule has 1 unspecified atom stereocenters. The number of aromatic nitrogens is 4. The topological polar surface area (TPSA) is 105 Å². The Labute approximate surface area is 218 Å². The van der Waals surface area contributed by atoms with Crippen molar-refractivity contribution < 1.29 is 14.4 Å². The molecule has 0 saturated heterocycles. The van der Waals surface area contributed by atoms with E-state index in [-0.39, 0.29) is 11.5 Å². The maximum absolute atomic E-state index is 11.4. The Morgan fingerprint density at radius 1 is 0.921 bits per heavy atom. The first kappa shape index (κ1) is 23.4. The molecular weight excluding hydrogens is 476 g/mol. The highest BCUT2D eigenvalue weighted by molar-refractivity contribution is 5.98. The fourth-order valence-electron chi connectivity index (χ4n) is 5.14. The minimum atomic E-state index is -0.957. The molecule has 1 atom stereocenters. The number of fused-ring (bicyclic) bond motifs is 1. The Balaban J connectivity index is 1.66. The maximum atomic E-state index is 11.4. The third kappa shape index (κ3) is 3.94. The van der Waals surface area contributed by atoms with Gasteiger partial charge in [-0.3, -0.25) is 9.97 Å². The highest BCUT2D eigenvalue weighted by Crippen LogP contribution is 2.43. The van der Waals surface area contributed by atoms with E-state index in [0.29, 0.717) is 5.76 Å². The van der Waals surface area contributed by atoms with Gasteiger partial charge in [0, 0.05) is 40.8 Å². The van der Waals surface area contributed by atoms with Crippen LogP contribution in [0.3, 0.4) is 0 Å². The van der Waals surface area contributed by atoms with Crippen molar-refractivity contribution in [2.24, 2.45) is 0 Å². The van der Waals surface area contributed by atoms with Gasteiger partial charge in [0.05, 0.1) is 33.9 Å². The number of hydrogen-bond donors (Lipinski definition) is 2. The van der Waals surface area contributed by atoms with Gasteiger partial charge >= 0.3 is 5.97 Å². The summed E-state index contributed by atoms with van der Waals surface area (Å²) in [6, 6.07) is 23.1. The normalized spacial score (nSPS) is 12.1. The van der Waals surface area contributed by atoms with Crippen LogP contribution < -0.4 is 0 Å².